The van der Waals surface area contributed by atoms with Crippen LogP contribution < -0.4 is 9.62 Å². The van der Waals surface area contributed by atoms with Crippen molar-refractivity contribution in [3.8, 4) is 0 Å². The van der Waals surface area contributed by atoms with Gasteiger partial charge in [-0.25, -0.2) is 13.1 Å². The molecule has 0 radical (unpaired) electrons. The van der Waals surface area contributed by atoms with Gasteiger partial charge in [0.1, 0.15) is 5.69 Å². The maximum Gasteiger partial charge on any atom is 0.151 e. The minimum Gasteiger partial charge on any atom is -0.320 e. The molecule has 1 heterocycles. The molecule has 1 atom stereocenters. The molecule has 0 fully saturated rings. The third-order valence-corrected chi connectivity index (χ3v) is 6.68. The van der Waals surface area contributed by atoms with E-state index in [1.807, 2.05) is 19.2 Å². The Kier molecular flexibility index (Phi) is 5.29. The van der Waals surface area contributed by atoms with Gasteiger partial charge in [0, 0.05) is 0 Å². The van der Waals surface area contributed by atoms with Crippen molar-refractivity contribution < 1.29 is 17.9 Å². The van der Waals surface area contributed by atoms with Gasteiger partial charge in [0.25, 0.3) is 0 Å². The average molecular weight is 368 g/mol. The smallest absolute Gasteiger partial charge is 0.151 e. The van der Waals surface area contributed by atoms with Gasteiger partial charge in [-0.05, 0) is 56.6 Å². The van der Waals surface area contributed by atoms with Gasteiger partial charge in [0.2, 0.25) is 0 Å². The molecule has 0 amide bonds. The summed E-state index contributed by atoms with van der Waals surface area (Å²) in [6.07, 6.45) is 1.76. The first-order valence-corrected chi connectivity index (χ1v) is 9.77. The number of halogens is 2. The number of nitrogens with one attached hydrogen (secondary N) is 1. The van der Waals surface area contributed by atoms with E-state index in [1.165, 1.54) is 6.07 Å². The first-order chi connectivity index (χ1) is 12.0. The van der Waals surface area contributed by atoms with Crippen molar-refractivity contribution in [2.75, 3.05) is 17.9 Å². The van der Waals surface area contributed by atoms with Crippen LogP contribution >= 0.6 is 10.8 Å². The standard InChI is InChI=1S/C18H22F2N2O2S/c1-21-11-5-7-14-12-13-6-2-3-10-17(13)22(25(14,23)24)18-15(19)8-4-9-16(18)20/h2-4,6,8-10,14,21,23-24H,5,7,11-12H2,1H3/t14-/m0/s1. The Morgan fingerprint density at radius 2 is 1.80 bits per heavy atom. The Balaban J connectivity index is 2.10. The zero-order valence-corrected chi connectivity index (χ0v) is 14.8. The van der Waals surface area contributed by atoms with Crippen LogP contribution in [-0.2, 0) is 6.42 Å². The van der Waals surface area contributed by atoms with Gasteiger partial charge >= 0.3 is 0 Å². The lowest BCUT2D eigenvalue weighted by atomic mass is 10.0. The van der Waals surface area contributed by atoms with Crippen molar-refractivity contribution in [3.05, 3.63) is 59.7 Å². The third-order valence-electron chi connectivity index (χ3n) is 4.47. The van der Waals surface area contributed by atoms with Gasteiger partial charge in [0.05, 0.1) is 10.9 Å². The Hall–Kier alpha value is -1.67. The van der Waals surface area contributed by atoms with Crippen molar-refractivity contribution in [3.63, 3.8) is 0 Å². The fourth-order valence-corrected chi connectivity index (χ4v) is 5.33. The zero-order valence-electron chi connectivity index (χ0n) is 14.0. The van der Waals surface area contributed by atoms with Crippen LogP contribution in [0.2, 0.25) is 0 Å². The number of rotatable bonds is 5. The second-order valence-corrected chi connectivity index (χ2v) is 8.28. The monoisotopic (exact) mass is 368 g/mol. The van der Waals surface area contributed by atoms with Crippen molar-refractivity contribution >= 4 is 22.2 Å². The van der Waals surface area contributed by atoms with Crippen LogP contribution in [0.5, 0.6) is 0 Å². The van der Waals surface area contributed by atoms with Crippen LogP contribution in [0, 0.1) is 11.6 Å². The zero-order chi connectivity index (χ0) is 18.0. The lowest BCUT2D eigenvalue weighted by Crippen LogP contribution is -2.38. The van der Waals surface area contributed by atoms with E-state index in [0.29, 0.717) is 18.5 Å². The number of benzene rings is 2. The summed E-state index contributed by atoms with van der Waals surface area (Å²) in [6.45, 7) is 0.738. The van der Waals surface area contributed by atoms with Crippen molar-refractivity contribution in [1.82, 2.24) is 5.32 Å². The van der Waals surface area contributed by atoms with E-state index in [2.05, 4.69) is 5.32 Å². The molecule has 4 nitrogen and oxygen atoms in total. The minimum atomic E-state index is -3.43. The van der Waals surface area contributed by atoms with Crippen LogP contribution in [0.25, 0.3) is 0 Å². The van der Waals surface area contributed by atoms with E-state index in [0.717, 1.165) is 35.0 Å². The molecule has 136 valence electrons. The quantitative estimate of drug-likeness (QED) is 0.670. The summed E-state index contributed by atoms with van der Waals surface area (Å²) in [5.41, 5.74) is 0.885. The molecule has 2 aromatic carbocycles. The molecule has 25 heavy (non-hydrogen) atoms. The molecule has 3 rings (SSSR count). The molecule has 0 saturated heterocycles. The molecular weight excluding hydrogens is 346 g/mol. The summed E-state index contributed by atoms with van der Waals surface area (Å²) < 4.78 is 51.8. The highest BCUT2D eigenvalue weighted by molar-refractivity contribution is 8.26. The maximum absolute atomic E-state index is 14.4. The SMILES string of the molecule is CNCCC[C@H]1Cc2ccccc2N(c2c(F)cccc2F)S1(O)O. The largest absolute Gasteiger partial charge is 0.320 e. The van der Waals surface area contributed by atoms with E-state index >= 15 is 0 Å². The van der Waals surface area contributed by atoms with Crippen LogP contribution in [-0.4, -0.2) is 27.9 Å². The van der Waals surface area contributed by atoms with Crippen molar-refractivity contribution in [2.45, 2.75) is 24.5 Å². The lowest BCUT2D eigenvalue weighted by Gasteiger charge is -2.52. The summed E-state index contributed by atoms with van der Waals surface area (Å²) in [7, 11) is -1.60. The van der Waals surface area contributed by atoms with Gasteiger partial charge in [-0.3, -0.25) is 9.11 Å². The molecule has 1 aliphatic heterocycles. The van der Waals surface area contributed by atoms with E-state index in [4.69, 9.17) is 0 Å². The number of hydrogen-bond donors (Lipinski definition) is 3. The van der Waals surface area contributed by atoms with E-state index in [-0.39, 0.29) is 0 Å². The number of hydrogen-bond acceptors (Lipinski definition) is 4. The van der Waals surface area contributed by atoms with E-state index in [9.17, 15) is 17.9 Å². The summed E-state index contributed by atoms with van der Waals surface area (Å²) in [4.78, 5) is 0. The molecule has 7 heteroatoms. The predicted octanol–water partition coefficient (Wildman–Crippen LogP) is 4.69. The maximum atomic E-state index is 14.4. The molecule has 0 aromatic heterocycles. The van der Waals surface area contributed by atoms with Gasteiger partial charge in [0.15, 0.2) is 11.6 Å². The first kappa shape index (κ1) is 18.1. The Morgan fingerprint density at radius 3 is 2.48 bits per heavy atom. The first-order valence-electron chi connectivity index (χ1n) is 8.20. The van der Waals surface area contributed by atoms with Crippen LogP contribution in [0.3, 0.4) is 0 Å². The van der Waals surface area contributed by atoms with Gasteiger partial charge < -0.3 is 5.32 Å². The third kappa shape index (κ3) is 3.37. The molecule has 3 N–H and O–H groups in total. The summed E-state index contributed by atoms with van der Waals surface area (Å²) in [6, 6.07) is 10.6. The minimum absolute atomic E-state index is 0.409. The molecule has 0 unspecified atom stereocenters. The van der Waals surface area contributed by atoms with Gasteiger partial charge in [-0.15, -0.1) is 10.8 Å². The topological polar surface area (TPSA) is 55.7 Å². The summed E-state index contributed by atoms with van der Waals surface area (Å²) in [5.74, 6) is -1.63. The fourth-order valence-electron chi connectivity index (χ4n) is 3.24. The number of para-hydroxylation sites is 2. The summed E-state index contributed by atoms with van der Waals surface area (Å²) >= 11 is 0. The molecule has 0 saturated carbocycles. The lowest BCUT2D eigenvalue weighted by molar-refractivity contribution is 0.452. The highest BCUT2D eigenvalue weighted by Crippen LogP contribution is 2.61. The van der Waals surface area contributed by atoms with Crippen LogP contribution in [0.4, 0.5) is 20.2 Å². The van der Waals surface area contributed by atoms with E-state index < -0.39 is 33.3 Å². The van der Waals surface area contributed by atoms with Crippen molar-refractivity contribution in [1.29, 1.82) is 0 Å². The van der Waals surface area contributed by atoms with Gasteiger partial charge in [-0.2, -0.15) is 0 Å². The second-order valence-electron chi connectivity index (χ2n) is 6.13. The molecule has 0 bridgehead atoms. The normalized spacial score (nSPS) is 20.2. The highest BCUT2D eigenvalue weighted by Gasteiger charge is 2.41. The molecule has 0 aliphatic carbocycles. The Morgan fingerprint density at radius 1 is 1.12 bits per heavy atom. The molecule has 2 aromatic rings. The molecule has 0 spiro atoms. The molecule has 1 aliphatic rings. The van der Waals surface area contributed by atoms with Gasteiger partial charge in [-0.1, -0.05) is 24.3 Å². The number of anilines is 2. The fraction of sp³-hybridized carbons (Fsp3) is 0.333. The number of fused-ring (bicyclic) bond motifs is 1. The van der Waals surface area contributed by atoms with Crippen LogP contribution in [0.1, 0.15) is 18.4 Å². The van der Waals surface area contributed by atoms with Crippen LogP contribution in [0.15, 0.2) is 42.5 Å². The molecular formula is C18H22F2N2O2S. The second kappa shape index (κ2) is 7.29. The Labute approximate surface area is 148 Å². The van der Waals surface area contributed by atoms with E-state index in [1.54, 1.807) is 12.1 Å². The Bertz CT molecular complexity index is 737. The highest BCUT2D eigenvalue weighted by atomic mass is 32.3. The summed E-state index contributed by atoms with van der Waals surface area (Å²) in [5, 5.41) is 2.54. The average Bonchev–Trinajstić information content (AvgIpc) is 2.57. The number of nitrogens with zero attached hydrogens (tertiary/aromatic N) is 1. The van der Waals surface area contributed by atoms with Crippen molar-refractivity contribution in [2.24, 2.45) is 0 Å². The predicted molar refractivity (Wildman–Crippen MR) is 98.4 cm³/mol.